The van der Waals surface area contributed by atoms with Gasteiger partial charge in [-0.05, 0) is 24.0 Å². The van der Waals surface area contributed by atoms with Crippen molar-refractivity contribution < 1.29 is 24.5 Å². The summed E-state index contributed by atoms with van der Waals surface area (Å²) in [6.45, 7) is 5.42. The van der Waals surface area contributed by atoms with E-state index < -0.39 is 17.3 Å². The smallest absolute Gasteiger partial charge is 0.316 e. The van der Waals surface area contributed by atoms with E-state index in [9.17, 15) is 19.8 Å². The number of allylic oxidation sites excluding steroid dienone is 1. The van der Waals surface area contributed by atoms with Crippen molar-refractivity contribution in [3.05, 3.63) is 35.6 Å². The highest BCUT2D eigenvalue weighted by Gasteiger charge is 2.47. The van der Waals surface area contributed by atoms with Crippen molar-refractivity contribution in [2.45, 2.75) is 40.0 Å². The van der Waals surface area contributed by atoms with Gasteiger partial charge in [-0.1, -0.05) is 39.3 Å². The van der Waals surface area contributed by atoms with E-state index in [2.05, 4.69) is 4.99 Å². The molecular formula is C20H25NO5. The Balaban J connectivity index is 2.64. The molecule has 6 nitrogen and oxygen atoms in total. The van der Waals surface area contributed by atoms with E-state index >= 15 is 0 Å². The molecule has 0 spiro atoms. The Hall–Kier alpha value is -2.63. The number of nitrogens with zero attached hydrogens (tertiary/aromatic N) is 1. The molecule has 1 aliphatic carbocycles. The molecule has 0 saturated carbocycles. The predicted octanol–water partition coefficient (Wildman–Crippen LogP) is 3.87. The number of benzene rings is 1. The number of aliphatic hydroxyl groups is 1. The molecule has 6 heteroatoms. The standard InChI is InChI=1S/C20H25NO5/c1-5-8-13(21-12-9-6-7-10-14(12)22)16-15(23)11-20(2,3)17(18(16)24)19(25)26-4/h6-7,9-10,17,22,24H,5,8,11H2,1-4H3/t17-/m0/s1. The predicted molar refractivity (Wildman–Crippen MR) is 98.7 cm³/mol. The summed E-state index contributed by atoms with van der Waals surface area (Å²) in [5, 5.41) is 20.8. The first kappa shape index (κ1) is 19.7. The number of phenols is 1. The van der Waals surface area contributed by atoms with Crippen LogP contribution in [0.25, 0.3) is 0 Å². The molecule has 0 saturated heterocycles. The van der Waals surface area contributed by atoms with E-state index in [1.807, 2.05) is 6.92 Å². The number of phenolic OH excluding ortho intramolecular Hbond substituents is 1. The monoisotopic (exact) mass is 359 g/mol. The second-order valence-electron chi connectivity index (χ2n) is 7.10. The summed E-state index contributed by atoms with van der Waals surface area (Å²) in [6.07, 6.45) is 1.20. The first-order valence-electron chi connectivity index (χ1n) is 8.63. The van der Waals surface area contributed by atoms with Crippen molar-refractivity contribution in [2.24, 2.45) is 16.3 Å². The largest absolute Gasteiger partial charge is 0.511 e. The zero-order chi connectivity index (χ0) is 19.5. The fourth-order valence-corrected chi connectivity index (χ4v) is 3.30. The number of aliphatic imine (C=N–C) groups is 1. The lowest BCUT2D eigenvalue weighted by Gasteiger charge is -2.36. The molecule has 0 fully saturated rings. The van der Waals surface area contributed by atoms with Crippen LogP contribution in [0.2, 0.25) is 0 Å². The van der Waals surface area contributed by atoms with Crippen LogP contribution in [0.5, 0.6) is 5.75 Å². The Kier molecular flexibility index (Phi) is 5.85. The molecule has 0 aromatic heterocycles. The number of aromatic hydroxyl groups is 1. The third-order valence-electron chi connectivity index (χ3n) is 4.56. The number of rotatable bonds is 5. The zero-order valence-corrected chi connectivity index (χ0v) is 15.6. The van der Waals surface area contributed by atoms with Gasteiger partial charge in [0.1, 0.15) is 23.1 Å². The molecule has 1 aromatic carbocycles. The second-order valence-corrected chi connectivity index (χ2v) is 7.10. The van der Waals surface area contributed by atoms with Gasteiger partial charge in [0, 0.05) is 6.42 Å². The van der Waals surface area contributed by atoms with Crippen LogP contribution in [0.15, 0.2) is 40.6 Å². The minimum absolute atomic E-state index is 0.0192. The Morgan fingerprint density at radius 3 is 2.54 bits per heavy atom. The molecular weight excluding hydrogens is 334 g/mol. The van der Waals surface area contributed by atoms with Gasteiger partial charge in [-0.25, -0.2) is 4.99 Å². The first-order valence-corrected chi connectivity index (χ1v) is 8.63. The van der Waals surface area contributed by atoms with Gasteiger partial charge in [-0.3, -0.25) is 9.59 Å². The number of carbonyl (C=O) groups excluding carboxylic acids is 2. The number of ketones is 1. The Morgan fingerprint density at radius 1 is 1.31 bits per heavy atom. The van der Waals surface area contributed by atoms with Crippen molar-refractivity contribution in [3.63, 3.8) is 0 Å². The number of methoxy groups -OCH3 is 1. The van der Waals surface area contributed by atoms with Crippen molar-refractivity contribution in [1.82, 2.24) is 0 Å². The topological polar surface area (TPSA) is 96.2 Å². The SMILES string of the molecule is CCCC(=Nc1ccccc1O)C1=C(O)[C@@H](C(=O)OC)C(C)(C)CC1=O. The van der Waals surface area contributed by atoms with Gasteiger partial charge in [-0.2, -0.15) is 0 Å². The molecule has 0 amide bonds. The van der Waals surface area contributed by atoms with Crippen molar-refractivity contribution in [1.29, 1.82) is 0 Å². The molecule has 0 aliphatic heterocycles. The van der Waals surface area contributed by atoms with Crippen molar-refractivity contribution in [3.8, 4) is 5.75 Å². The summed E-state index contributed by atoms with van der Waals surface area (Å²) in [6, 6.07) is 6.52. The quantitative estimate of drug-likeness (QED) is 0.614. The molecule has 0 heterocycles. The molecule has 26 heavy (non-hydrogen) atoms. The van der Waals surface area contributed by atoms with Gasteiger partial charge < -0.3 is 14.9 Å². The van der Waals surface area contributed by atoms with E-state index in [0.29, 0.717) is 24.2 Å². The maximum absolute atomic E-state index is 12.8. The maximum Gasteiger partial charge on any atom is 0.316 e. The van der Waals surface area contributed by atoms with Crippen molar-refractivity contribution >= 4 is 23.2 Å². The van der Waals surface area contributed by atoms with Crippen LogP contribution in [-0.2, 0) is 14.3 Å². The van der Waals surface area contributed by atoms with Crippen LogP contribution in [0.3, 0.4) is 0 Å². The van der Waals surface area contributed by atoms with Gasteiger partial charge in [0.15, 0.2) is 5.78 Å². The fraction of sp³-hybridized carbons (Fsp3) is 0.450. The summed E-state index contributed by atoms with van der Waals surface area (Å²) >= 11 is 0. The molecule has 2 N–H and O–H groups in total. The number of esters is 1. The highest BCUT2D eigenvalue weighted by molar-refractivity contribution is 6.24. The maximum atomic E-state index is 12.8. The number of hydrogen-bond donors (Lipinski definition) is 2. The van der Waals surface area contributed by atoms with E-state index in [1.165, 1.54) is 13.2 Å². The normalized spacial score (nSPS) is 20.2. The third-order valence-corrected chi connectivity index (χ3v) is 4.56. The number of aliphatic hydroxyl groups excluding tert-OH is 1. The minimum Gasteiger partial charge on any atom is -0.511 e. The van der Waals surface area contributed by atoms with Crippen LogP contribution in [0, 0.1) is 11.3 Å². The number of Topliss-reactive ketones (excluding diaryl/α,β-unsaturated/α-hetero) is 1. The molecule has 2 rings (SSSR count). The molecule has 1 aromatic rings. The lowest BCUT2D eigenvalue weighted by molar-refractivity contribution is -0.150. The molecule has 0 bridgehead atoms. The van der Waals surface area contributed by atoms with Crippen LogP contribution in [-0.4, -0.2) is 34.8 Å². The van der Waals surface area contributed by atoms with Crippen LogP contribution >= 0.6 is 0 Å². The second kappa shape index (κ2) is 7.72. The highest BCUT2D eigenvalue weighted by Crippen LogP contribution is 2.43. The summed E-state index contributed by atoms with van der Waals surface area (Å²) in [5.41, 5.74) is -0.0292. The van der Waals surface area contributed by atoms with Crippen LogP contribution < -0.4 is 0 Å². The Bertz CT molecular complexity index is 776. The third kappa shape index (κ3) is 3.79. The fourth-order valence-electron chi connectivity index (χ4n) is 3.30. The number of para-hydroxylation sites is 2. The summed E-state index contributed by atoms with van der Waals surface area (Å²) < 4.78 is 4.83. The molecule has 140 valence electrons. The van der Waals surface area contributed by atoms with Gasteiger partial charge in [0.25, 0.3) is 0 Å². The lowest BCUT2D eigenvalue weighted by Crippen LogP contribution is -2.41. The number of carbonyl (C=O) groups is 2. The van der Waals surface area contributed by atoms with Crippen LogP contribution in [0.1, 0.15) is 40.0 Å². The minimum atomic E-state index is -0.938. The summed E-state index contributed by atoms with van der Waals surface area (Å²) in [5.74, 6) is -2.12. The molecule has 0 unspecified atom stereocenters. The first-order chi connectivity index (χ1) is 12.2. The van der Waals surface area contributed by atoms with E-state index in [4.69, 9.17) is 4.74 Å². The average Bonchev–Trinajstić information content (AvgIpc) is 2.55. The van der Waals surface area contributed by atoms with Gasteiger partial charge in [0.2, 0.25) is 0 Å². The zero-order valence-electron chi connectivity index (χ0n) is 15.6. The lowest BCUT2D eigenvalue weighted by atomic mass is 9.67. The van der Waals surface area contributed by atoms with Crippen molar-refractivity contribution in [2.75, 3.05) is 7.11 Å². The average molecular weight is 359 g/mol. The molecule has 1 atom stereocenters. The van der Waals surface area contributed by atoms with E-state index in [0.717, 1.165) is 0 Å². The highest BCUT2D eigenvalue weighted by atomic mass is 16.5. The summed E-state index contributed by atoms with van der Waals surface area (Å²) in [4.78, 5) is 29.4. The Morgan fingerprint density at radius 2 is 1.96 bits per heavy atom. The Labute approximate surface area is 153 Å². The number of hydrogen-bond acceptors (Lipinski definition) is 6. The van der Waals surface area contributed by atoms with E-state index in [1.54, 1.807) is 32.0 Å². The van der Waals surface area contributed by atoms with Crippen LogP contribution in [0.4, 0.5) is 5.69 Å². The van der Waals surface area contributed by atoms with Gasteiger partial charge in [0.05, 0.1) is 18.4 Å². The molecule has 1 aliphatic rings. The molecule has 0 radical (unpaired) electrons. The van der Waals surface area contributed by atoms with Gasteiger partial charge >= 0.3 is 5.97 Å². The van der Waals surface area contributed by atoms with Gasteiger partial charge in [-0.15, -0.1) is 0 Å². The van der Waals surface area contributed by atoms with E-state index in [-0.39, 0.29) is 29.3 Å². The number of ether oxygens (including phenoxy) is 1. The summed E-state index contributed by atoms with van der Waals surface area (Å²) in [7, 11) is 1.25.